The fourth-order valence-electron chi connectivity index (χ4n) is 1.05. The van der Waals surface area contributed by atoms with E-state index in [0.29, 0.717) is 11.1 Å². The molecule has 13 heavy (non-hydrogen) atoms. The smallest absolute Gasteiger partial charge is 0.266 e. The summed E-state index contributed by atoms with van der Waals surface area (Å²) in [6.45, 7) is 3.21. The van der Waals surface area contributed by atoms with E-state index in [1.807, 2.05) is 0 Å². The van der Waals surface area contributed by atoms with E-state index in [1.165, 1.54) is 13.0 Å². The van der Waals surface area contributed by atoms with Crippen molar-refractivity contribution >= 4 is 17.3 Å². The lowest BCUT2D eigenvalue weighted by atomic mass is 10.1. The molecule has 0 fully saturated rings. The fraction of sp³-hybridized carbons (Fsp3) is 0.250. The highest BCUT2D eigenvalue weighted by Gasteiger charge is 2.15. The van der Waals surface area contributed by atoms with Crippen LogP contribution < -0.4 is 5.11 Å². The molecule has 0 amide bonds. The first-order chi connectivity index (χ1) is 5.95. The Hall–Kier alpha value is -1.29. The number of rotatable bonds is 1. The van der Waals surface area contributed by atoms with Crippen molar-refractivity contribution in [3.8, 4) is 5.75 Å². The summed E-state index contributed by atoms with van der Waals surface area (Å²) in [4.78, 5) is 9.80. The minimum atomic E-state index is -0.713. The number of nitro groups is 1. The van der Waals surface area contributed by atoms with Crippen LogP contribution in [-0.4, -0.2) is 4.92 Å². The second-order valence-electron chi connectivity index (χ2n) is 2.74. The first-order valence-electron chi connectivity index (χ1n) is 3.56. The van der Waals surface area contributed by atoms with Crippen LogP contribution in [0.3, 0.4) is 0 Å². The highest BCUT2D eigenvalue weighted by atomic mass is 35.5. The molecule has 0 saturated carbocycles. The predicted molar refractivity (Wildman–Crippen MR) is 47.0 cm³/mol. The molecule has 4 nitrogen and oxygen atoms in total. The molecule has 0 aliphatic carbocycles. The van der Waals surface area contributed by atoms with Gasteiger partial charge in [0, 0.05) is 10.6 Å². The first-order valence-corrected chi connectivity index (χ1v) is 3.94. The molecule has 0 spiro atoms. The number of halogens is 1. The van der Waals surface area contributed by atoms with Crippen LogP contribution in [0.1, 0.15) is 11.1 Å². The lowest BCUT2D eigenvalue weighted by Gasteiger charge is -2.12. The maximum absolute atomic E-state index is 11.2. The van der Waals surface area contributed by atoms with Crippen molar-refractivity contribution in [2.24, 2.45) is 0 Å². The molecule has 0 saturated heterocycles. The Bertz CT molecular complexity index is 350. The van der Waals surface area contributed by atoms with Crippen molar-refractivity contribution in [2.45, 2.75) is 13.8 Å². The van der Waals surface area contributed by atoms with E-state index >= 15 is 0 Å². The minimum absolute atomic E-state index is 0.102. The van der Waals surface area contributed by atoms with Gasteiger partial charge in [-0.25, -0.2) is 0 Å². The zero-order valence-electron chi connectivity index (χ0n) is 7.13. The lowest BCUT2D eigenvalue weighted by Crippen LogP contribution is -2.02. The van der Waals surface area contributed by atoms with Crippen LogP contribution in [0.4, 0.5) is 5.69 Å². The van der Waals surface area contributed by atoms with Gasteiger partial charge in [-0.3, -0.25) is 10.1 Å². The van der Waals surface area contributed by atoms with Crippen LogP contribution in [0.2, 0.25) is 5.02 Å². The summed E-state index contributed by atoms with van der Waals surface area (Å²) in [7, 11) is 0. The molecule has 0 aliphatic heterocycles. The van der Waals surface area contributed by atoms with Crippen LogP contribution >= 0.6 is 11.6 Å². The van der Waals surface area contributed by atoms with Gasteiger partial charge in [-0.2, -0.15) is 0 Å². The lowest BCUT2D eigenvalue weighted by molar-refractivity contribution is -0.398. The van der Waals surface area contributed by atoms with E-state index in [4.69, 9.17) is 11.6 Å². The third-order valence-corrected chi connectivity index (χ3v) is 2.19. The highest BCUT2D eigenvalue weighted by Crippen LogP contribution is 2.35. The summed E-state index contributed by atoms with van der Waals surface area (Å²) < 4.78 is 0. The number of hydrogen-bond donors (Lipinski definition) is 0. The Balaban J connectivity index is 3.56. The van der Waals surface area contributed by atoms with Crippen molar-refractivity contribution < 1.29 is 10.0 Å². The van der Waals surface area contributed by atoms with Crippen LogP contribution in [0.25, 0.3) is 0 Å². The van der Waals surface area contributed by atoms with Crippen molar-refractivity contribution in [2.75, 3.05) is 0 Å². The average Bonchev–Trinajstić information content (AvgIpc) is 2.01. The molecular formula is C8H7ClNO3-. The van der Waals surface area contributed by atoms with Gasteiger partial charge in [0.25, 0.3) is 5.69 Å². The highest BCUT2D eigenvalue weighted by molar-refractivity contribution is 6.32. The average molecular weight is 201 g/mol. The number of benzene rings is 1. The van der Waals surface area contributed by atoms with Gasteiger partial charge in [0.2, 0.25) is 0 Å². The van der Waals surface area contributed by atoms with Crippen molar-refractivity contribution in [3.05, 3.63) is 32.3 Å². The van der Waals surface area contributed by atoms with E-state index in [2.05, 4.69) is 0 Å². The van der Waals surface area contributed by atoms with Gasteiger partial charge < -0.3 is 5.11 Å². The maximum atomic E-state index is 11.2. The maximum Gasteiger partial charge on any atom is 0.266 e. The number of hydrogen-bond acceptors (Lipinski definition) is 3. The van der Waals surface area contributed by atoms with Gasteiger partial charge in [0.1, 0.15) is 0 Å². The van der Waals surface area contributed by atoms with E-state index < -0.39 is 16.4 Å². The van der Waals surface area contributed by atoms with Gasteiger partial charge in [-0.05, 0) is 31.2 Å². The van der Waals surface area contributed by atoms with Crippen LogP contribution in [0, 0.1) is 24.0 Å². The third kappa shape index (κ3) is 1.58. The molecule has 0 N–H and O–H groups in total. The minimum Gasteiger partial charge on any atom is -0.867 e. The van der Waals surface area contributed by atoms with Crippen LogP contribution in [0.15, 0.2) is 6.07 Å². The molecule has 5 heteroatoms. The summed E-state index contributed by atoms with van der Waals surface area (Å²) in [6.07, 6.45) is 0. The molecule has 1 rings (SSSR count). The summed E-state index contributed by atoms with van der Waals surface area (Å²) >= 11 is 5.52. The SMILES string of the molecule is Cc1cc(Cl)c([O-])c([N+](=O)[O-])c1C. The van der Waals surface area contributed by atoms with Crippen LogP contribution in [-0.2, 0) is 0 Å². The Morgan fingerprint density at radius 1 is 1.46 bits per heavy atom. The van der Waals surface area contributed by atoms with Crippen molar-refractivity contribution in [1.82, 2.24) is 0 Å². The van der Waals surface area contributed by atoms with E-state index in [-0.39, 0.29) is 5.02 Å². The molecule has 0 atom stereocenters. The molecule has 0 aromatic heterocycles. The predicted octanol–water partition coefficient (Wildman–Crippen LogP) is 1.94. The summed E-state index contributed by atoms with van der Waals surface area (Å²) in [6, 6.07) is 1.44. The summed E-state index contributed by atoms with van der Waals surface area (Å²) in [5.41, 5.74) is 0.598. The van der Waals surface area contributed by atoms with Gasteiger partial charge in [0.05, 0.1) is 4.92 Å². The Morgan fingerprint density at radius 2 is 2.00 bits per heavy atom. The second kappa shape index (κ2) is 3.22. The van der Waals surface area contributed by atoms with Crippen LogP contribution in [0.5, 0.6) is 5.75 Å². The molecule has 1 aromatic carbocycles. The van der Waals surface area contributed by atoms with Crippen molar-refractivity contribution in [1.29, 1.82) is 0 Å². The quantitative estimate of drug-likeness (QED) is 0.514. The fourth-order valence-corrected chi connectivity index (χ4v) is 1.31. The summed E-state index contributed by atoms with van der Waals surface area (Å²) in [5.74, 6) is -0.713. The van der Waals surface area contributed by atoms with Crippen molar-refractivity contribution in [3.63, 3.8) is 0 Å². The summed E-state index contributed by atoms with van der Waals surface area (Å²) in [5, 5.41) is 21.6. The number of nitro benzene ring substituents is 1. The number of aryl methyl sites for hydroxylation is 1. The van der Waals surface area contributed by atoms with E-state index in [1.54, 1.807) is 6.92 Å². The first kappa shape index (κ1) is 9.80. The molecule has 1 aromatic rings. The monoisotopic (exact) mass is 200 g/mol. The second-order valence-corrected chi connectivity index (χ2v) is 3.14. The molecule has 0 aliphatic rings. The van der Waals surface area contributed by atoms with Gasteiger partial charge >= 0.3 is 0 Å². The third-order valence-electron chi connectivity index (χ3n) is 1.90. The standard InChI is InChI=1S/C8H8ClNO3/c1-4-3-6(9)8(11)7(5(4)2)10(12)13/h3,11H,1-2H3/p-1. The van der Waals surface area contributed by atoms with E-state index in [0.717, 1.165) is 0 Å². The normalized spacial score (nSPS) is 10.1. The Kier molecular flexibility index (Phi) is 2.43. The Morgan fingerprint density at radius 3 is 2.46 bits per heavy atom. The zero-order chi connectivity index (χ0) is 10.2. The van der Waals surface area contributed by atoms with E-state index in [9.17, 15) is 15.2 Å². The molecule has 0 bridgehead atoms. The molecule has 70 valence electrons. The van der Waals surface area contributed by atoms with Gasteiger partial charge in [-0.1, -0.05) is 11.6 Å². The largest absolute Gasteiger partial charge is 0.867 e. The topological polar surface area (TPSA) is 66.2 Å². The molecule has 0 heterocycles. The van der Waals surface area contributed by atoms with Gasteiger partial charge in [0.15, 0.2) is 0 Å². The molecular weight excluding hydrogens is 194 g/mol. The molecule has 0 radical (unpaired) electrons. The van der Waals surface area contributed by atoms with Gasteiger partial charge in [-0.15, -0.1) is 0 Å². The molecule has 0 unspecified atom stereocenters. The Labute approximate surface area is 79.9 Å². The zero-order valence-corrected chi connectivity index (χ0v) is 7.88. The number of nitrogens with zero attached hydrogens (tertiary/aromatic N) is 1.